The summed E-state index contributed by atoms with van der Waals surface area (Å²) >= 11 is 0. The van der Waals surface area contributed by atoms with Crippen molar-refractivity contribution in [3.63, 3.8) is 0 Å². The smallest absolute Gasteiger partial charge is 0.317 e. The van der Waals surface area contributed by atoms with E-state index >= 15 is 0 Å². The van der Waals surface area contributed by atoms with Crippen LogP contribution in [0.15, 0.2) is 18.3 Å². The summed E-state index contributed by atoms with van der Waals surface area (Å²) in [4.78, 5) is 19.8. The Morgan fingerprint density at radius 3 is 2.52 bits per heavy atom. The van der Waals surface area contributed by atoms with Gasteiger partial charge in [-0.3, -0.25) is 0 Å². The molecule has 21 heavy (non-hydrogen) atoms. The number of aliphatic hydroxyl groups is 1. The maximum absolute atomic E-state index is 11.8. The SMILES string of the molecule is CCN(CC)c1ccc(CNC(=O)N(C)CC(C)O)cn1. The van der Waals surface area contributed by atoms with Crippen molar-refractivity contribution in [3.8, 4) is 0 Å². The van der Waals surface area contributed by atoms with Crippen LogP contribution in [0.25, 0.3) is 0 Å². The van der Waals surface area contributed by atoms with Crippen molar-refractivity contribution in [3.05, 3.63) is 23.9 Å². The van der Waals surface area contributed by atoms with Gasteiger partial charge in [-0.2, -0.15) is 0 Å². The van der Waals surface area contributed by atoms with E-state index in [0.717, 1.165) is 24.5 Å². The van der Waals surface area contributed by atoms with Gasteiger partial charge in [-0.25, -0.2) is 9.78 Å². The number of nitrogens with one attached hydrogen (secondary N) is 1. The highest BCUT2D eigenvalue weighted by Gasteiger charge is 2.10. The van der Waals surface area contributed by atoms with E-state index in [2.05, 4.69) is 29.0 Å². The molecule has 0 saturated carbocycles. The Balaban J connectivity index is 2.51. The van der Waals surface area contributed by atoms with Gasteiger partial charge >= 0.3 is 6.03 Å². The Labute approximate surface area is 126 Å². The van der Waals surface area contributed by atoms with E-state index in [-0.39, 0.29) is 6.03 Å². The molecule has 6 heteroatoms. The zero-order chi connectivity index (χ0) is 15.8. The predicted molar refractivity (Wildman–Crippen MR) is 84.3 cm³/mol. The van der Waals surface area contributed by atoms with Gasteiger partial charge in [0.2, 0.25) is 0 Å². The van der Waals surface area contributed by atoms with Crippen molar-refractivity contribution >= 4 is 11.8 Å². The first-order valence-electron chi connectivity index (χ1n) is 7.34. The second-order valence-electron chi connectivity index (χ2n) is 5.09. The highest BCUT2D eigenvalue weighted by Crippen LogP contribution is 2.10. The lowest BCUT2D eigenvalue weighted by molar-refractivity contribution is 0.143. The van der Waals surface area contributed by atoms with E-state index in [4.69, 9.17) is 0 Å². The summed E-state index contributed by atoms with van der Waals surface area (Å²) in [5.41, 5.74) is 0.949. The van der Waals surface area contributed by atoms with Crippen LogP contribution >= 0.6 is 0 Å². The lowest BCUT2D eigenvalue weighted by Gasteiger charge is -2.20. The summed E-state index contributed by atoms with van der Waals surface area (Å²) in [5.74, 6) is 0.946. The zero-order valence-electron chi connectivity index (χ0n) is 13.3. The molecule has 0 radical (unpaired) electrons. The fourth-order valence-electron chi connectivity index (χ4n) is 2.05. The molecule has 6 nitrogen and oxygen atoms in total. The van der Waals surface area contributed by atoms with Crippen molar-refractivity contribution in [1.29, 1.82) is 0 Å². The van der Waals surface area contributed by atoms with Crippen LogP contribution in [0.1, 0.15) is 26.3 Å². The molecule has 1 unspecified atom stereocenters. The van der Waals surface area contributed by atoms with Gasteiger partial charge in [0.25, 0.3) is 0 Å². The molecule has 2 amide bonds. The summed E-state index contributed by atoms with van der Waals surface area (Å²) in [6.45, 7) is 8.42. The summed E-state index contributed by atoms with van der Waals surface area (Å²) in [6, 6.07) is 3.73. The van der Waals surface area contributed by atoms with E-state index in [0.29, 0.717) is 13.1 Å². The lowest BCUT2D eigenvalue weighted by Crippen LogP contribution is -2.40. The second-order valence-corrected chi connectivity index (χ2v) is 5.09. The number of aliphatic hydroxyl groups excluding tert-OH is 1. The molecule has 0 fully saturated rings. The van der Waals surface area contributed by atoms with Crippen LogP contribution in [0.2, 0.25) is 0 Å². The Hall–Kier alpha value is -1.82. The third-order valence-corrected chi connectivity index (χ3v) is 3.23. The van der Waals surface area contributed by atoms with E-state index in [1.807, 2.05) is 12.1 Å². The third kappa shape index (κ3) is 5.59. The summed E-state index contributed by atoms with van der Waals surface area (Å²) in [6.07, 6.45) is 1.25. The monoisotopic (exact) mass is 294 g/mol. The van der Waals surface area contributed by atoms with Gasteiger partial charge < -0.3 is 20.2 Å². The molecule has 0 aliphatic carbocycles. The molecule has 0 aliphatic heterocycles. The molecule has 0 saturated heterocycles. The average Bonchev–Trinajstić information content (AvgIpc) is 2.46. The van der Waals surface area contributed by atoms with Crippen molar-refractivity contribution in [2.24, 2.45) is 0 Å². The van der Waals surface area contributed by atoms with Crippen LogP contribution in [0, 0.1) is 0 Å². The second kappa shape index (κ2) is 8.46. The number of carbonyl (C=O) groups excluding carboxylic acids is 1. The first-order valence-corrected chi connectivity index (χ1v) is 7.34. The largest absolute Gasteiger partial charge is 0.392 e. The number of urea groups is 1. The van der Waals surface area contributed by atoms with Crippen LogP contribution in [0.4, 0.5) is 10.6 Å². The summed E-state index contributed by atoms with van der Waals surface area (Å²) in [7, 11) is 1.66. The number of pyridine rings is 1. The molecule has 1 aromatic rings. The van der Waals surface area contributed by atoms with Crippen molar-refractivity contribution < 1.29 is 9.90 Å². The molecule has 1 rings (SSSR count). The van der Waals surface area contributed by atoms with Crippen LogP contribution < -0.4 is 10.2 Å². The van der Waals surface area contributed by atoms with Gasteiger partial charge in [-0.15, -0.1) is 0 Å². The zero-order valence-corrected chi connectivity index (χ0v) is 13.3. The minimum Gasteiger partial charge on any atom is -0.392 e. The molecular weight excluding hydrogens is 268 g/mol. The number of anilines is 1. The minimum atomic E-state index is -0.532. The number of carbonyl (C=O) groups is 1. The highest BCUT2D eigenvalue weighted by molar-refractivity contribution is 5.73. The van der Waals surface area contributed by atoms with Gasteiger partial charge in [-0.1, -0.05) is 6.07 Å². The number of hydrogen-bond acceptors (Lipinski definition) is 4. The number of amides is 2. The predicted octanol–water partition coefficient (Wildman–Crippen LogP) is 1.45. The van der Waals surface area contributed by atoms with Gasteiger partial charge in [0.15, 0.2) is 0 Å². The molecule has 1 aromatic heterocycles. The number of hydrogen-bond donors (Lipinski definition) is 2. The fourth-order valence-corrected chi connectivity index (χ4v) is 2.05. The normalized spacial score (nSPS) is 11.9. The molecule has 0 aromatic carbocycles. The fraction of sp³-hybridized carbons (Fsp3) is 0.600. The van der Waals surface area contributed by atoms with E-state index < -0.39 is 6.10 Å². The Bertz CT molecular complexity index is 430. The van der Waals surface area contributed by atoms with Crippen molar-refractivity contribution in [2.75, 3.05) is 31.6 Å². The molecule has 0 bridgehead atoms. The summed E-state index contributed by atoms with van der Waals surface area (Å²) < 4.78 is 0. The summed E-state index contributed by atoms with van der Waals surface area (Å²) in [5, 5.41) is 12.1. The van der Waals surface area contributed by atoms with Crippen LogP contribution in [-0.4, -0.2) is 53.8 Å². The van der Waals surface area contributed by atoms with Crippen LogP contribution in [-0.2, 0) is 6.54 Å². The molecule has 0 aliphatic rings. The van der Waals surface area contributed by atoms with Gasteiger partial charge in [0.05, 0.1) is 6.10 Å². The molecule has 1 atom stereocenters. The number of rotatable bonds is 7. The molecule has 2 N–H and O–H groups in total. The first-order chi connectivity index (χ1) is 9.97. The quantitative estimate of drug-likeness (QED) is 0.798. The van der Waals surface area contributed by atoms with Crippen LogP contribution in [0.5, 0.6) is 0 Å². The molecule has 1 heterocycles. The molecule has 0 spiro atoms. The Morgan fingerprint density at radius 2 is 2.05 bits per heavy atom. The van der Waals surface area contributed by atoms with Gasteiger partial charge in [0.1, 0.15) is 5.82 Å². The van der Waals surface area contributed by atoms with Gasteiger partial charge in [-0.05, 0) is 32.4 Å². The average molecular weight is 294 g/mol. The minimum absolute atomic E-state index is 0.205. The maximum atomic E-state index is 11.8. The van der Waals surface area contributed by atoms with Crippen LogP contribution in [0.3, 0.4) is 0 Å². The van der Waals surface area contributed by atoms with Gasteiger partial charge in [0, 0.05) is 39.4 Å². The standard InChI is InChI=1S/C15H26N4O2/c1-5-19(6-2)14-8-7-13(9-16-14)10-17-15(21)18(4)11-12(3)20/h7-9,12,20H,5-6,10-11H2,1-4H3,(H,17,21). The van der Waals surface area contributed by atoms with E-state index in [1.54, 1.807) is 20.2 Å². The first kappa shape index (κ1) is 17.2. The third-order valence-electron chi connectivity index (χ3n) is 3.23. The number of likely N-dealkylation sites (N-methyl/N-ethyl adjacent to an activating group) is 1. The van der Waals surface area contributed by atoms with Crippen molar-refractivity contribution in [1.82, 2.24) is 15.2 Å². The maximum Gasteiger partial charge on any atom is 0.317 e. The number of aromatic nitrogens is 1. The molecule has 118 valence electrons. The Morgan fingerprint density at radius 1 is 1.38 bits per heavy atom. The molecular formula is C15H26N4O2. The Kier molecular flexibility index (Phi) is 6.94. The lowest BCUT2D eigenvalue weighted by atomic mass is 10.2. The van der Waals surface area contributed by atoms with E-state index in [1.165, 1.54) is 4.90 Å². The topological polar surface area (TPSA) is 68.7 Å². The highest BCUT2D eigenvalue weighted by atomic mass is 16.3. The van der Waals surface area contributed by atoms with Crippen molar-refractivity contribution in [2.45, 2.75) is 33.4 Å². The van der Waals surface area contributed by atoms with E-state index in [9.17, 15) is 9.90 Å². The number of nitrogens with zero attached hydrogens (tertiary/aromatic N) is 3.